The van der Waals surface area contributed by atoms with Crippen LogP contribution in [-0.2, 0) is 19.0 Å². The van der Waals surface area contributed by atoms with Crippen molar-refractivity contribution in [3.63, 3.8) is 0 Å². The van der Waals surface area contributed by atoms with Gasteiger partial charge in [0.2, 0.25) is 0 Å². The van der Waals surface area contributed by atoms with E-state index in [1.54, 1.807) is 17.0 Å². The van der Waals surface area contributed by atoms with Gasteiger partial charge in [0.25, 0.3) is 10.1 Å². The molecule has 1 aromatic rings. The van der Waals surface area contributed by atoms with Crippen LogP contribution in [0.5, 0.6) is 0 Å². The predicted molar refractivity (Wildman–Crippen MR) is 95.9 cm³/mol. The summed E-state index contributed by atoms with van der Waals surface area (Å²) in [5, 5.41) is 0. The van der Waals surface area contributed by atoms with Gasteiger partial charge in [0.1, 0.15) is 5.82 Å². The molecule has 0 aliphatic carbocycles. The second-order valence-electron chi connectivity index (χ2n) is 6.61. The topological polar surface area (TPSA) is 72.9 Å². The number of hydrogen-bond donors (Lipinski definition) is 0. The summed E-state index contributed by atoms with van der Waals surface area (Å²) >= 11 is 0. The van der Waals surface area contributed by atoms with Crippen molar-refractivity contribution in [3.8, 4) is 0 Å². The first-order chi connectivity index (χ1) is 12.3. The van der Waals surface area contributed by atoms with E-state index >= 15 is 0 Å². The van der Waals surface area contributed by atoms with Crippen molar-refractivity contribution >= 4 is 16.2 Å². The second kappa shape index (κ2) is 9.32. The molecule has 0 N–H and O–H groups in total. The molecule has 1 fully saturated rings. The number of unbranched alkanes of at least 4 members (excludes halogenated alkanes) is 1. The highest BCUT2D eigenvalue weighted by Gasteiger charge is 2.34. The average Bonchev–Trinajstić information content (AvgIpc) is 2.60. The number of piperidine rings is 1. The fraction of sp³-hybridized carbons (Fsp3) is 0.611. The summed E-state index contributed by atoms with van der Waals surface area (Å²) in [5.41, 5.74) is 0.910. The molecule has 2 unspecified atom stereocenters. The first-order valence-electron chi connectivity index (χ1n) is 8.81. The van der Waals surface area contributed by atoms with E-state index in [0.29, 0.717) is 26.1 Å². The van der Waals surface area contributed by atoms with Crippen LogP contribution in [0.15, 0.2) is 24.3 Å². The summed E-state index contributed by atoms with van der Waals surface area (Å²) in [5.74, 6) is -0.561. The normalized spacial score (nSPS) is 20.8. The Labute approximate surface area is 154 Å². The van der Waals surface area contributed by atoms with Crippen LogP contribution in [0.3, 0.4) is 0 Å². The lowest BCUT2D eigenvalue weighted by atomic mass is 9.81. The lowest BCUT2D eigenvalue weighted by Gasteiger charge is -2.38. The van der Waals surface area contributed by atoms with Crippen LogP contribution in [0.4, 0.5) is 9.18 Å². The van der Waals surface area contributed by atoms with Gasteiger partial charge in [-0.05, 0) is 36.5 Å². The summed E-state index contributed by atoms with van der Waals surface area (Å²) in [6.45, 7) is 3.20. The smallest absolute Gasteiger partial charge is 0.409 e. The minimum absolute atomic E-state index is 0.0166. The average molecular weight is 387 g/mol. The van der Waals surface area contributed by atoms with Gasteiger partial charge in [-0.25, -0.2) is 9.18 Å². The number of carbonyl (C=O) groups excluding carboxylic acids is 1. The first-order valence-corrected chi connectivity index (χ1v) is 10.6. The molecular weight excluding hydrogens is 361 g/mol. The zero-order valence-corrected chi connectivity index (χ0v) is 16.0. The monoisotopic (exact) mass is 387 g/mol. The number of rotatable bonds is 7. The Morgan fingerprint density at radius 3 is 2.62 bits per heavy atom. The highest BCUT2D eigenvalue weighted by molar-refractivity contribution is 7.85. The molecule has 1 saturated heterocycles. The molecule has 1 aliphatic heterocycles. The molecule has 2 atom stereocenters. The molecule has 1 heterocycles. The highest BCUT2D eigenvalue weighted by atomic mass is 32.2. The molecule has 1 amide bonds. The number of hydrogen-bond acceptors (Lipinski definition) is 5. The van der Waals surface area contributed by atoms with Crippen molar-refractivity contribution in [2.75, 3.05) is 32.6 Å². The van der Waals surface area contributed by atoms with Crippen LogP contribution in [-0.4, -0.2) is 52.0 Å². The van der Waals surface area contributed by atoms with E-state index in [2.05, 4.69) is 0 Å². The largest absolute Gasteiger partial charge is 0.449 e. The van der Waals surface area contributed by atoms with Crippen molar-refractivity contribution in [1.82, 2.24) is 4.90 Å². The summed E-state index contributed by atoms with van der Waals surface area (Å²) in [7, 11) is -3.59. The van der Waals surface area contributed by atoms with Crippen molar-refractivity contribution in [3.05, 3.63) is 35.6 Å². The maximum absolute atomic E-state index is 13.2. The Kier molecular flexibility index (Phi) is 7.40. The van der Waals surface area contributed by atoms with Gasteiger partial charge in [0.05, 0.1) is 19.5 Å². The quantitative estimate of drug-likeness (QED) is 0.531. The van der Waals surface area contributed by atoms with Crippen LogP contribution < -0.4 is 0 Å². The predicted octanol–water partition coefficient (Wildman–Crippen LogP) is 3.14. The summed E-state index contributed by atoms with van der Waals surface area (Å²) < 4.78 is 46.2. The molecule has 8 heteroatoms. The first kappa shape index (κ1) is 20.6. The number of nitrogens with zero attached hydrogens (tertiary/aromatic N) is 1. The third-order valence-corrected chi connectivity index (χ3v) is 5.07. The lowest BCUT2D eigenvalue weighted by Crippen LogP contribution is -2.45. The van der Waals surface area contributed by atoms with E-state index in [4.69, 9.17) is 8.92 Å². The molecular formula is C18H26FNO5S. The van der Waals surface area contributed by atoms with Gasteiger partial charge in [-0.1, -0.05) is 25.5 Å². The second-order valence-corrected chi connectivity index (χ2v) is 8.25. The fourth-order valence-electron chi connectivity index (χ4n) is 3.12. The Bertz CT molecular complexity index is 692. The molecule has 1 aliphatic rings. The minimum atomic E-state index is -3.59. The van der Waals surface area contributed by atoms with Crippen molar-refractivity contribution in [2.24, 2.45) is 5.92 Å². The fourth-order valence-corrected chi connectivity index (χ4v) is 3.54. The SMILES string of the molecule is CCCCOC(=O)N1CCC(c2ccc(F)cc2)C(COS(C)(=O)=O)C1. The number of halogens is 1. The van der Waals surface area contributed by atoms with Gasteiger partial charge in [-0.2, -0.15) is 8.42 Å². The zero-order chi connectivity index (χ0) is 19.2. The number of carbonyl (C=O) groups is 1. The molecule has 2 rings (SSSR count). The third kappa shape index (κ3) is 6.25. The van der Waals surface area contributed by atoms with Crippen LogP contribution >= 0.6 is 0 Å². The van der Waals surface area contributed by atoms with Crippen LogP contribution in [0, 0.1) is 11.7 Å². The van der Waals surface area contributed by atoms with Gasteiger partial charge < -0.3 is 9.64 Å². The highest BCUT2D eigenvalue weighted by Crippen LogP contribution is 2.34. The van der Waals surface area contributed by atoms with Gasteiger partial charge in [0.15, 0.2) is 0 Å². The van der Waals surface area contributed by atoms with E-state index in [0.717, 1.165) is 24.7 Å². The van der Waals surface area contributed by atoms with E-state index in [9.17, 15) is 17.6 Å². The zero-order valence-electron chi connectivity index (χ0n) is 15.2. The van der Waals surface area contributed by atoms with E-state index in [1.807, 2.05) is 6.92 Å². The number of amides is 1. The number of likely N-dealkylation sites (tertiary alicyclic amines) is 1. The van der Waals surface area contributed by atoms with Crippen LogP contribution in [0.2, 0.25) is 0 Å². The Hall–Kier alpha value is -1.67. The molecule has 26 heavy (non-hydrogen) atoms. The Balaban J connectivity index is 2.08. The van der Waals surface area contributed by atoms with E-state index < -0.39 is 10.1 Å². The van der Waals surface area contributed by atoms with Crippen LogP contribution in [0.25, 0.3) is 0 Å². The molecule has 146 valence electrons. The third-order valence-electron chi connectivity index (χ3n) is 4.51. The summed E-state index contributed by atoms with van der Waals surface area (Å²) in [6, 6.07) is 6.16. The van der Waals surface area contributed by atoms with Gasteiger partial charge >= 0.3 is 6.09 Å². The molecule has 0 aromatic heterocycles. The summed E-state index contributed by atoms with van der Waals surface area (Å²) in [6.07, 6.45) is 2.98. The van der Waals surface area contributed by atoms with E-state index in [-0.39, 0.29) is 30.4 Å². The molecule has 0 radical (unpaired) electrons. The number of benzene rings is 1. The Morgan fingerprint density at radius 2 is 2.00 bits per heavy atom. The molecule has 6 nitrogen and oxygen atoms in total. The molecule has 0 saturated carbocycles. The maximum atomic E-state index is 13.2. The maximum Gasteiger partial charge on any atom is 0.409 e. The lowest BCUT2D eigenvalue weighted by molar-refractivity contribution is 0.0686. The van der Waals surface area contributed by atoms with Gasteiger partial charge in [-0.15, -0.1) is 0 Å². The Morgan fingerprint density at radius 1 is 1.31 bits per heavy atom. The minimum Gasteiger partial charge on any atom is -0.449 e. The van der Waals surface area contributed by atoms with Crippen molar-refractivity contribution in [1.29, 1.82) is 0 Å². The van der Waals surface area contributed by atoms with Gasteiger partial charge in [0, 0.05) is 19.0 Å². The molecule has 0 spiro atoms. The van der Waals surface area contributed by atoms with Crippen molar-refractivity contribution < 1.29 is 26.5 Å². The molecule has 0 bridgehead atoms. The number of ether oxygens (including phenoxy) is 1. The van der Waals surface area contributed by atoms with Gasteiger partial charge in [-0.3, -0.25) is 4.18 Å². The van der Waals surface area contributed by atoms with Crippen molar-refractivity contribution in [2.45, 2.75) is 32.1 Å². The summed E-state index contributed by atoms with van der Waals surface area (Å²) in [4.78, 5) is 13.8. The van der Waals surface area contributed by atoms with E-state index in [1.165, 1.54) is 12.1 Å². The molecule has 1 aromatic carbocycles. The van der Waals surface area contributed by atoms with Crippen LogP contribution in [0.1, 0.15) is 37.7 Å². The standard InChI is InChI=1S/C18H26FNO5S/c1-3-4-11-24-18(21)20-10-9-17(14-5-7-16(19)8-6-14)15(12-20)13-25-26(2,22)23/h5-8,15,17H,3-4,9-13H2,1-2H3.